The highest BCUT2D eigenvalue weighted by Gasteiger charge is 2.02. The molecule has 0 saturated carbocycles. The molecule has 0 unspecified atom stereocenters. The molecule has 17 heavy (non-hydrogen) atoms. The van der Waals surface area contributed by atoms with Crippen LogP contribution in [0.5, 0.6) is 0 Å². The van der Waals surface area contributed by atoms with Gasteiger partial charge in [0.15, 0.2) is 0 Å². The summed E-state index contributed by atoms with van der Waals surface area (Å²) in [4.78, 5) is 7.44. The van der Waals surface area contributed by atoms with Crippen LogP contribution in [0.25, 0.3) is 11.3 Å². The number of rotatable bonds is 4. The summed E-state index contributed by atoms with van der Waals surface area (Å²) >= 11 is 0. The quantitative estimate of drug-likeness (QED) is 0.882. The fraction of sp³-hybridized carbons (Fsp3) is 0.250. The summed E-state index contributed by atoms with van der Waals surface area (Å²) in [5, 5.41) is 0. The van der Waals surface area contributed by atoms with Crippen molar-refractivity contribution in [1.82, 2.24) is 9.97 Å². The summed E-state index contributed by atoms with van der Waals surface area (Å²) in [6.45, 7) is 0.659. The van der Waals surface area contributed by atoms with Crippen LogP contribution in [0.3, 0.4) is 0 Å². The van der Waals surface area contributed by atoms with Crippen LogP contribution in [0, 0.1) is 5.82 Å². The van der Waals surface area contributed by atoms with E-state index in [-0.39, 0.29) is 18.2 Å². The number of imidazole rings is 1. The van der Waals surface area contributed by atoms with Crippen LogP contribution >= 0.6 is 12.4 Å². The predicted octanol–water partition coefficient (Wildman–Crippen LogP) is 2.53. The van der Waals surface area contributed by atoms with Crippen LogP contribution in [-0.4, -0.2) is 16.5 Å². The Bertz CT molecular complexity index is 453. The number of hydrogen-bond acceptors (Lipinski definition) is 2. The molecule has 0 spiro atoms. The third-order valence-electron chi connectivity index (χ3n) is 2.40. The first kappa shape index (κ1) is 13.7. The van der Waals surface area contributed by atoms with E-state index in [0.29, 0.717) is 6.54 Å². The highest BCUT2D eigenvalue weighted by molar-refractivity contribution is 5.85. The van der Waals surface area contributed by atoms with Gasteiger partial charge in [-0.1, -0.05) is 0 Å². The summed E-state index contributed by atoms with van der Waals surface area (Å²) < 4.78 is 12.7. The Kier molecular flexibility index (Phi) is 5.12. The Morgan fingerprint density at radius 1 is 1.24 bits per heavy atom. The zero-order valence-electron chi connectivity index (χ0n) is 9.32. The Balaban J connectivity index is 0.00000144. The number of benzene rings is 1. The molecule has 0 aliphatic rings. The fourth-order valence-corrected chi connectivity index (χ4v) is 1.54. The molecule has 92 valence electrons. The fourth-order valence-electron chi connectivity index (χ4n) is 1.54. The lowest BCUT2D eigenvalue weighted by Crippen LogP contribution is -2.01. The molecule has 0 saturated heterocycles. The molecule has 0 aliphatic carbocycles. The molecule has 0 bridgehead atoms. The SMILES string of the molecule is Cl.NCCCc1ncc(-c2ccc(F)cc2)[nH]1. The van der Waals surface area contributed by atoms with Crippen molar-refractivity contribution in [2.24, 2.45) is 5.73 Å². The Hall–Kier alpha value is -1.39. The van der Waals surface area contributed by atoms with Crippen LogP contribution in [-0.2, 0) is 6.42 Å². The van der Waals surface area contributed by atoms with Crippen molar-refractivity contribution in [2.75, 3.05) is 6.54 Å². The van der Waals surface area contributed by atoms with E-state index < -0.39 is 0 Å². The molecule has 0 amide bonds. The van der Waals surface area contributed by atoms with E-state index in [1.807, 2.05) is 0 Å². The van der Waals surface area contributed by atoms with E-state index in [2.05, 4.69) is 9.97 Å². The number of hydrogen-bond donors (Lipinski definition) is 2. The van der Waals surface area contributed by atoms with E-state index in [9.17, 15) is 4.39 Å². The zero-order valence-corrected chi connectivity index (χ0v) is 10.1. The van der Waals surface area contributed by atoms with Crippen LogP contribution in [0.15, 0.2) is 30.5 Å². The Morgan fingerprint density at radius 2 is 1.94 bits per heavy atom. The van der Waals surface area contributed by atoms with Gasteiger partial charge < -0.3 is 10.7 Å². The third kappa shape index (κ3) is 3.54. The highest BCUT2D eigenvalue weighted by atomic mass is 35.5. The van der Waals surface area contributed by atoms with Crippen molar-refractivity contribution in [2.45, 2.75) is 12.8 Å². The number of nitrogens with two attached hydrogens (primary N) is 1. The van der Waals surface area contributed by atoms with Crippen LogP contribution in [0.4, 0.5) is 4.39 Å². The van der Waals surface area contributed by atoms with E-state index in [1.165, 1.54) is 12.1 Å². The average Bonchev–Trinajstić information content (AvgIpc) is 2.76. The van der Waals surface area contributed by atoms with Crippen molar-refractivity contribution >= 4 is 12.4 Å². The molecule has 5 heteroatoms. The van der Waals surface area contributed by atoms with E-state index in [0.717, 1.165) is 29.9 Å². The van der Waals surface area contributed by atoms with Gasteiger partial charge in [-0.15, -0.1) is 12.4 Å². The largest absolute Gasteiger partial charge is 0.342 e. The van der Waals surface area contributed by atoms with Crippen molar-refractivity contribution < 1.29 is 4.39 Å². The molecule has 3 nitrogen and oxygen atoms in total. The number of aromatic nitrogens is 2. The van der Waals surface area contributed by atoms with Crippen molar-refractivity contribution in [3.8, 4) is 11.3 Å². The standard InChI is InChI=1S/C12H14FN3.ClH/c13-10-5-3-9(4-6-10)11-8-15-12(16-11)2-1-7-14;/h3-6,8H,1-2,7,14H2,(H,15,16);1H. The molecule has 3 N–H and O–H groups in total. The predicted molar refractivity (Wildman–Crippen MR) is 68.6 cm³/mol. The Labute approximate surface area is 106 Å². The van der Waals surface area contributed by atoms with E-state index in [1.54, 1.807) is 18.3 Å². The lowest BCUT2D eigenvalue weighted by Gasteiger charge is -1.97. The van der Waals surface area contributed by atoms with Gasteiger partial charge in [0.1, 0.15) is 11.6 Å². The maximum absolute atomic E-state index is 12.7. The van der Waals surface area contributed by atoms with E-state index in [4.69, 9.17) is 5.73 Å². The molecule has 0 aliphatic heterocycles. The van der Waals surface area contributed by atoms with E-state index >= 15 is 0 Å². The zero-order chi connectivity index (χ0) is 11.4. The molecule has 1 heterocycles. The van der Waals surface area contributed by atoms with Gasteiger partial charge >= 0.3 is 0 Å². The first-order valence-corrected chi connectivity index (χ1v) is 5.29. The number of nitrogens with one attached hydrogen (secondary N) is 1. The molecular formula is C12H15ClFN3. The summed E-state index contributed by atoms with van der Waals surface area (Å²) in [6, 6.07) is 6.34. The van der Waals surface area contributed by atoms with Gasteiger partial charge in [-0.3, -0.25) is 0 Å². The number of aromatic amines is 1. The van der Waals surface area contributed by atoms with Crippen LogP contribution < -0.4 is 5.73 Å². The van der Waals surface area contributed by atoms with Gasteiger partial charge in [-0.25, -0.2) is 9.37 Å². The van der Waals surface area contributed by atoms with Crippen molar-refractivity contribution in [1.29, 1.82) is 0 Å². The number of nitrogens with zero attached hydrogens (tertiary/aromatic N) is 1. The molecule has 2 rings (SSSR count). The second-order valence-electron chi connectivity index (χ2n) is 3.64. The highest BCUT2D eigenvalue weighted by Crippen LogP contribution is 2.17. The Morgan fingerprint density at radius 3 is 2.59 bits per heavy atom. The smallest absolute Gasteiger partial charge is 0.123 e. The van der Waals surface area contributed by atoms with Gasteiger partial charge in [0.25, 0.3) is 0 Å². The molecule has 1 aromatic carbocycles. The number of H-pyrrole nitrogens is 1. The molecule has 1 aromatic heterocycles. The molecule has 2 aromatic rings. The normalized spacial score (nSPS) is 10.0. The summed E-state index contributed by atoms with van der Waals surface area (Å²) in [5.41, 5.74) is 7.27. The first-order valence-electron chi connectivity index (χ1n) is 5.29. The lowest BCUT2D eigenvalue weighted by molar-refractivity contribution is 0.628. The third-order valence-corrected chi connectivity index (χ3v) is 2.40. The summed E-state index contributed by atoms with van der Waals surface area (Å²) in [6.07, 6.45) is 3.52. The average molecular weight is 256 g/mol. The minimum absolute atomic E-state index is 0. The lowest BCUT2D eigenvalue weighted by atomic mass is 10.2. The van der Waals surface area contributed by atoms with Crippen molar-refractivity contribution in [3.63, 3.8) is 0 Å². The van der Waals surface area contributed by atoms with Crippen LogP contribution in [0.2, 0.25) is 0 Å². The van der Waals surface area contributed by atoms with Gasteiger partial charge in [-0.2, -0.15) is 0 Å². The molecule has 0 radical (unpaired) electrons. The van der Waals surface area contributed by atoms with Gasteiger partial charge in [0.05, 0.1) is 11.9 Å². The monoisotopic (exact) mass is 255 g/mol. The topological polar surface area (TPSA) is 54.7 Å². The molecule has 0 fully saturated rings. The minimum Gasteiger partial charge on any atom is -0.342 e. The maximum Gasteiger partial charge on any atom is 0.123 e. The number of halogens is 2. The molecule has 0 atom stereocenters. The van der Waals surface area contributed by atoms with Gasteiger partial charge in [0, 0.05) is 6.42 Å². The van der Waals surface area contributed by atoms with Crippen molar-refractivity contribution in [3.05, 3.63) is 42.1 Å². The van der Waals surface area contributed by atoms with Gasteiger partial charge in [-0.05, 0) is 42.8 Å². The second kappa shape index (κ2) is 6.37. The summed E-state index contributed by atoms with van der Waals surface area (Å²) in [7, 11) is 0. The summed E-state index contributed by atoms with van der Waals surface area (Å²) in [5.74, 6) is 0.691. The first-order chi connectivity index (χ1) is 7.79. The minimum atomic E-state index is -0.230. The van der Waals surface area contributed by atoms with Crippen LogP contribution in [0.1, 0.15) is 12.2 Å². The molecular weight excluding hydrogens is 241 g/mol. The maximum atomic E-state index is 12.7. The number of aryl methyl sites for hydroxylation is 1. The second-order valence-corrected chi connectivity index (χ2v) is 3.64. The van der Waals surface area contributed by atoms with Gasteiger partial charge in [0.2, 0.25) is 0 Å².